The van der Waals surface area contributed by atoms with E-state index in [1.165, 1.54) is 33.0 Å². The number of likely N-dealkylation sites (tertiary alicyclic amines) is 1. The minimum absolute atomic E-state index is 0.00504. The molecule has 0 unspecified atom stereocenters. The molecule has 2 rings (SSSR count). The lowest BCUT2D eigenvalue weighted by Crippen LogP contribution is -2.48. The van der Waals surface area contributed by atoms with Gasteiger partial charge in [0.05, 0.1) is 13.0 Å². The smallest absolute Gasteiger partial charge is 0.308 e. The summed E-state index contributed by atoms with van der Waals surface area (Å²) < 4.78 is 4.76. The number of esters is 1. The zero-order chi connectivity index (χ0) is 10.2. The highest BCUT2D eigenvalue weighted by Gasteiger charge is 2.48. The van der Waals surface area contributed by atoms with Crippen LogP contribution in [0.2, 0.25) is 0 Å². The summed E-state index contributed by atoms with van der Waals surface area (Å²) >= 11 is 0. The number of carbonyl (C=O) groups excluding carboxylic acids is 1. The Balaban J connectivity index is 1.83. The molecule has 3 nitrogen and oxygen atoms in total. The standard InChI is InChI=1S/C11H19NO2/c1-12-5-3-11(4-6-12)7-9(8-11)10(13)14-2/h9H,3-8H2,1-2H3. The average molecular weight is 197 g/mol. The van der Waals surface area contributed by atoms with Crippen LogP contribution in [-0.2, 0) is 9.53 Å². The van der Waals surface area contributed by atoms with Crippen LogP contribution in [0.5, 0.6) is 0 Å². The van der Waals surface area contributed by atoms with Crippen molar-refractivity contribution in [1.82, 2.24) is 4.90 Å². The summed E-state index contributed by atoms with van der Waals surface area (Å²) in [5.74, 6) is 0.193. The van der Waals surface area contributed by atoms with Crippen LogP contribution in [0.25, 0.3) is 0 Å². The van der Waals surface area contributed by atoms with Gasteiger partial charge in [0.25, 0.3) is 0 Å². The Morgan fingerprint density at radius 2 is 1.93 bits per heavy atom. The van der Waals surface area contributed by atoms with Crippen molar-refractivity contribution in [1.29, 1.82) is 0 Å². The Labute approximate surface area is 85.4 Å². The molecule has 2 fully saturated rings. The summed E-state index contributed by atoms with van der Waals surface area (Å²) in [5, 5.41) is 0. The number of hydrogen-bond acceptors (Lipinski definition) is 3. The lowest BCUT2D eigenvalue weighted by atomic mass is 9.57. The monoisotopic (exact) mass is 197 g/mol. The molecule has 0 radical (unpaired) electrons. The third-order valence-electron chi connectivity index (χ3n) is 3.94. The van der Waals surface area contributed by atoms with E-state index in [9.17, 15) is 4.79 Å². The minimum atomic E-state index is -0.00504. The second-order valence-electron chi connectivity index (χ2n) is 4.93. The van der Waals surface area contributed by atoms with E-state index >= 15 is 0 Å². The Morgan fingerprint density at radius 1 is 1.36 bits per heavy atom. The molecular formula is C11H19NO2. The minimum Gasteiger partial charge on any atom is -0.469 e. The Hall–Kier alpha value is -0.570. The van der Waals surface area contributed by atoms with Gasteiger partial charge in [0, 0.05) is 0 Å². The number of hydrogen-bond donors (Lipinski definition) is 0. The van der Waals surface area contributed by atoms with Crippen molar-refractivity contribution in [2.75, 3.05) is 27.2 Å². The third kappa shape index (κ3) is 1.65. The fraction of sp³-hybridized carbons (Fsp3) is 0.909. The van der Waals surface area contributed by atoms with Gasteiger partial charge in [0.2, 0.25) is 0 Å². The molecule has 0 atom stereocenters. The maximum atomic E-state index is 11.3. The molecule has 0 aromatic rings. The summed E-state index contributed by atoms with van der Waals surface area (Å²) in [6.45, 7) is 2.38. The summed E-state index contributed by atoms with van der Waals surface area (Å²) in [7, 11) is 3.66. The van der Waals surface area contributed by atoms with Gasteiger partial charge in [0.1, 0.15) is 0 Å². The van der Waals surface area contributed by atoms with E-state index in [1.807, 2.05) is 0 Å². The zero-order valence-electron chi connectivity index (χ0n) is 9.08. The van der Waals surface area contributed by atoms with E-state index in [-0.39, 0.29) is 11.9 Å². The molecule has 80 valence electrons. The number of methoxy groups -OCH3 is 1. The molecule has 0 bridgehead atoms. The van der Waals surface area contributed by atoms with Crippen molar-refractivity contribution in [2.24, 2.45) is 11.3 Å². The predicted molar refractivity (Wildman–Crippen MR) is 53.9 cm³/mol. The first kappa shape index (κ1) is 9.97. The van der Waals surface area contributed by atoms with Crippen LogP contribution in [0.1, 0.15) is 25.7 Å². The average Bonchev–Trinajstić information content (AvgIpc) is 2.15. The SMILES string of the molecule is COC(=O)C1CC2(CCN(C)CC2)C1. The second kappa shape index (κ2) is 3.54. The first-order chi connectivity index (χ1) is 6.65. The molecule has 1 saturated heterocycles. The normalized spacial score (nSPS) is 27.3. The molecule has 1 saturated carbocycles. The molecule has 14 heavy (non-hydrogen) atoms. The fourth-order valence-corrected chi connectivity index (χ4v) is 2.82. The Morgan fingerprint density at radius 3 is 2.43 bits per heavy atom. The molecule has 2 aliphatic rings. The molecule has 0 N–H and O–H groups in total. The van der Waals surface area contributed by atoms with Crippen LogP contribution in [0.4, 0.5) is 0 Å². The number of nitrogens with zero attached hydrogens (tertiary/aromatic N) is 1. The largest absolute Gasteiger partial charge is 0.469 e. The molecule has 1 aliphatic heterocycles. The molecule has 1 heterocycles. The maximum absolute atomic E-state index is 11.3. The highest BCUT2D eigenvalue weighted by Crippen LogP contribution is 2.52. The van der Waals surface area contributed by atoms with E-state index in [0.717, 1.165) is 12.8 Å². The second-order valence-corrected chi connectivity index (χ2v) is 4.93. The van der Waals surface area contributed by atoms with Crippen molar-refractivity contribution in [3.8, 4) is 0 Å². The highest BCUT2D eigenvalue weighted by atomic mass is 16.5. The fourth-order valence-electron chi connectivity index (χ4n) is 2.82. The van der Waals surface area contributed by atoms with Gasteiger partial charge in [-0.25, -0.2) is 0 Å². The van der Waals surface area contributed by atoms with Crippen molar-refractivity contribution in [2.45, 2.75) is 25.7 Å². The first-order valence-electron chi connectivity index (χ1n) is 5.42. The lowest BCUT2D eigenvalue weighted by Gasteiger charge is -2.50. The molecular weight excluding hydrogens is 178 g/mol. The van der Waals surface area contributed by atoms with Crippen LogP contribution in [0, 0.1) is 11.3 Å². The molecule has 1 spiro atoms. The van der Waals surface area contributed by atoms with E-state index < -0.39 is 0 Å². The topological polar surface area (TPSA) is 29.5 Å². The number of rotatable bonds is 1. The van der Waals surface area contributed by atoms with Gasteiger partial charge < -0.3 is 9.64 Å². The first-order valence-corrected chi connectivity index (χ1v) is 5.42. The van der Waals surface area contributed by atoms with Gasteiger partial charge in [-0.3, -0.25) is 4.79 Å². The number of carbonyl (C=O) groups is 1. The van der Waals surface area contributed by atoms with Crippen LogP contribution >= 0.6 is 0 Å². The van der Waals surface area contributed by atoms with E-state index in [0.29, 0.717) is 5.41 Å². The van der Waals surface area contributed by atoms with Gasteiger partial charge in [-0.1, -0.05) is 0 Å². The van der Waals surface area contributed by atoms with Gasteiger partial charge in [-0.15, -0.1) is 0 Å². The van der Waals surface area contributed by atoms with Gasteiger partial charge in [-0.05, 0) is 51.2 Å². The summed E-state index contributed by atoms with van der Waals surface area (Å²) in [6.07, 6.45) is 4.65. The Bertz CT molecular complexity index is 223. The lowest BCUT2D eigenvalue weighted by molar-refractivity contribution is -0.156. The van der Waals surface area contributed by atoms with Gasteiger partial charge in [0.15, 0.2) is 0 Å². The quantitative estimate of drug-likeness (QED) is 0.593. The van der Waals surface area contributed by atoms with E-state index in [2.05, 4.69) is 11.9 Å². The molecule has 0 aromatic carbocycles. The number of ether oxygens (including phenoxy) is 1. The molecule has 3 heteroatoms. The van der Waals surface area contributed by atoms with Crippen LogP contribution in [-0.4, -0.2) is 38.1 Å². The third-order valence-corrected chi connectivity index (χ3v) is 3.94. The van der Waals surface area contributed by atoms with Gasteiger partial charge >= 0.3 is 5.97 Å². The van der Waals surface area contributed by atoms with E-state index in [1.54, 1.807) is 0 Å². The van der Waals surface area contributed by atoms with E-state index in [4.69, 9.17) is 4.74 Å². The number of piperidine rings is 1. The van der Waals surface area contributed by atoms with Crippen molar-refractivity contribution >= 4 is 5.97 Å². The predicted octanol–water partition coefficient (Wildman–Crippen LogP) is 1.28. The van der Waals surface area contributed by atoms with Gasteiger partial charge in [-0.2, -0.15) is 0 Å². The maximum Gasteiger partial charge on any atom is 0.308 e. The molecule has 1 aliphatic carbocycles. The van der Waals surface area contributed by atoms with Crippen LogP contribution in [0.3, 0.4) is 0 Å². The molecule has 0 amide bonds. The van der Waals surface area contributed by atoms with Crippen molar-refractivity contribution in [3.63, 3.8) is 0 Å². The highest BCUT2D eigenvalue weighted by molar-refractivity contribution is 5.73. The zero-order valence-corrected chi connectivity index (χ0v) is 9.08. The summed E-state index contributed by atoms with van der Waals surface area (Å²) in [5.41, 5.74) is 0.491. The summed E-state index contributed by atoms with van der Waals surface area (Å²) in [4.78, 5) is 13.6. The van der Waals surface area contributed by atoms with Crippen molar-refractivity contribution < 1.29 is 9.53 Å². The van der Waals surface area contributed by atoms with Crippen LogP contribution in [0.15, 0.2) is 0 Å². The van der Waals surface area contributed by atoms with Crippen LogP contribution < -0.4 is 0 Å². The molecule has 0 aromatic heterocycles. The Kier molecular flexibility index (Phi) is 2.52. The van der Waals surface area contributed by atoms with Crippen molar-refractivity contribution in [3.05, 3.63) is 0 Å². The summed E-state index contributed by atoms with van der Waals surface area (Å²) in [6, 6.07) is 0.